The van der Waals surface area contributed by atoms with Crippen molar-refractivity contribution >= 4 is 6.16 Å². The minimum atomic E-state index is -0.571. The van der Waals surface area contributed by atoms with Crippen LogP contribution in [0.4, 0.5) is 4.79 Å². The van der Waals surface area contributed by atoms with Gasteiger partial charge in [0.15, 0.2) is 0 Å². The van der Waals surface area contributed by atoms with E-state index in [1.165, 1.54) is 45.6 Å². The van der Waals surface area contributed by atoms with Crippen LogP contribution in [0.1, 0.15) is 58.3 Å². The molecule has 0 N–H and O–H groups in total. The van der Waals surface area contributed by atoms with Gasteiger partial charge in [0, 0.05) is 0 Å². The highest BCUT2D eigenvalue weighted by Crippen LogP contribution is 2.08. The van der Waals surface area contributed by atoms with Crippen molar-refractivity contribution < 1.29 is 14.3 Å². The van der Waals surface area contributed by atoms with Gasteiger partial charge in [-0.3, -0.25) is 0 Å². The molecule has 0 bridgehead atoms. The highest BCUT2D eigenvalue weighted by molar-refractivity contribution is 5.59. The van der Waals surface area contributed by atoms with E-state index >= 15 is 0 Å². The lowest BCUT2D eigenvalue weighted by Gasteiger charge is -2.03. The third kappa shape index (κ3) is 11.2. The molecule has 90 valence electrons. The molecule has 0 heterocycles. The van der Waals surface area contributed by atoms with E-state index in [9.17, 15) is 4.79 Å². The maximum Gasteiger partial charge on any atom is 0.507 e. The SMILES string of the molecule is CCCCCCCCCCOC(=O)OC. The Hall–Kier alpha value is -0.730. The summed E-state index contributed by atoms with van der Waals surface area (Å²) in [5, 5.41) is 0. The molecule has 0 radical (unpaired) electrons. The zero-order valence-corrected chi connectivity index (χ0v) is 10.1. The second kappa shape index (κ2) is 11.3. The first-order valence-electron chi connectivity index (χ1n) is 6.02. The van der Waals surface area contributed by atoms with E-state index in [-0.39, 0.29) is 0 Å². The van der Waals surface area contributed by atoms with Crippen LogP contribution in [-0.4, -0.2) is 19.9 Å². The molecular formula is C12H24O3. The van der Waals surface area contributed by atoms with Crippen molar-refractivity contribution in [2.24, 2.45) is 0 Å². The standard InChI is InChI=1S/C12H24O3/c1-3-4-5-6-7-8-9-10-11-15-12(13)14-2/h3-11H2,1-2H3. The van der Waals surface area contributed by atoms with Gasteiger partial charge in [0.05, 0.1) is 13.7 Å². The van der Waals surface area contributed by atoms with E-state index in [1.807, 2.05) is 0 Å². The molecule has 3 heteroatoms. The molecule has 0 aliphatic heterocycles. The Balaban J connectivity index is 2.95. The predicted molar refractivity (Wildman–Crippen MR) is 61.0 cm³/mol. The number of hydrogen-bond acceptors (Lipinski definition) is 3. The Morgan fingerprint density at radius 1 is 0.933 bits per heavy atom. The highest BCUT2D eigenvalue weighted by Gasteiger charge is 1.98. The average molecular weight is 216 g/mol. The van der Waals surface area contributed by atoms with Crippen molar-refractivity contribution in [3.63, 3.8) is 0 Å². The van der Waals surface area contributed by atoms with Crippen molar-refractivity contribution in [3.05, 3.63) is 0 Å². The lowest BCUT2D eigenvalue weighted by molar-refractivity contribution is 0.0713. The van der Waals surface area contributed by atoms with Gasteiger partial charge in [-0.05, 0) is 6.42 Å². The van der Waals surface area contributed by atoms with Crippen molar-refractivity contribution in [1.82, 2.24) is 0 Å². The van der Waals surface area contributed by atoms with Crippen LogP contribution in [0.15, 0.2) is 0 Å². The maximum absolute atomic E-state index is 10.6. The molecule has 15 heavy (non-hydrogen) atoms. The van der Waals surface area contributed by atoms with Crippen LogP contribution in [0.25, 0.3) is 0 Å². The number of rotatable bonds is 9. The molecule has 3 nitrogen and oxygen atoms in total. The van der Waals surface area contributed by atoms with E-state index in [4.69, 9.17) is 4.74 Å². The summed E-state index contributed by atoms with van der Waals surface area (Å²) >= 11 is 0. The molecule has 0 spiro atoms. The Labute approximate surface area is 93.1 Å². The van der Waals surface area contributed by atoms with Crippen LogP contribution >= 0.6 is 0 Å². The van der Waals surface area contributed by atoms with Gasteiger partial charge in [-0.15, -0.1) is 0 Å². The van der Waals surface area contributed by atoms with Gasteiger partial charge in [-0.2, -0.15) is 0 Å². The number of carbonyl (C=O) groups is 1. The first-order valence-corrected chi connectivity index (χ1v) is 6.02. The molecule has 0 aromatic carbocycles. The Morgan fingerprint density at radius 2 is 1.47 bits per heavy atom. The largest absolute Gasteiger partial charge is 0.507 e. The van der Waals surface area contributed by atoms with Gasteiger partial charge in [0.2, 0.25) is 0 Å². The molecule has 0 saturated carbocycles. The lowest BCUT2D eigenvalue weighted by atomic mass is 10.1. The molecule has 0 aromatic rings. The third-order valence-corrected chi connectivity index (χ3v) is 2.38. The van der Waals surface area contributed by atoms with Crippen LogP contribution < -0.4 is 0 Å². The minimum absolute atomic E-state index is 0.488. The molecule has 0 aliphatic carbocycles. The summed E-state index contributed by atoms with van der Waals surface area (Å²) in [4.78, 5) is 10.6. The highest BCUT2D eigenvalue weighted by atomic mass is 16.7. The number of ether oxygens (including phenoxy) is 2. The van der Waals surface area contributed by atoms with Crippen LogP contribution in [0.5, 0.6) is 0 Å². The quantitative estimate of drug-likeness (QED) is 0.433. The number of methoxy groups -OCH3 is 1. The van der Waals surface area contributed by atoms with Gasteiger partial charge >= 0.3 is 6.16 Å². The molecule has 0 amide bonds. The van der Waals surface area contributed by atoms with Gasteiger partial charge in [0.1, 0.15) is 0 Å². The summed E-state index contributed by atoms with van der Waals surface area (Å²) in [5.41, 5.74) is 0. The van der Waals surface area contributed by atoms with E-state index in [0.717, 1.165) is 12.8 Å². The first-order chi connectivity index (χ1) is 7.31. The summed E-state index contributed by atoms with van der Waals surface area (Å²) in [6.45, 7) is 2.71. The molecule has 0 unspecified atom stereocenters. The van der Waals surface area contributed by atoms with Crippen LogP contribution in [-0.2, 0) is 9.47 Å². The van der Waals surface area contributed by atoms with Crippen molar-refractivity contribution in [1.29, 1.82) is 0 Å². The number of carbonyl (C=O) groups excluding carboxylic acids is 1. The Morgan fingerprint density at radius 3 is 2.00 bits per heavy atom. The van der Waals surface area contributed by atoms with Crippen LogP contribution in [0.2, 0.25) is 0 Å². The molecule has 0 rings (SSSR count). The van der Waals surface area contributed by atoms with Gasteiger partial charge < -0.3 is 9.47 Å². The topological polar surface area (TPSA) is 35.5 Å². The summed E-state index contributed by atoms with van der Waals surface area (Å²) in [7, 11) is 1.33. The molecule has 0 atom stereocenters. The average Bonchev–Trinajstić information content (AvgIpc) is 2.26. The fourth-order valence-electron chi connectivity index (χ4n) is 1.45. The third-order valence-electron chi connectivity index (χ3n) is 2.38. The lowest BCUT2D eigenvalue weighted by Crippen LogP contribution is -2.05. The second-order valence-electron chi connectivity index (χ2n) is 3.78. The van der Waals surface area contributed by atoms with E-state index < -0.39 is 6.16 Å². The van der Waals surface area contributed by atoms with Crippen molar-refractivity contribution in [3.8, 4) is 0 Å². The van der Waals surface area contributed by atoms with Gasteiger partial charge in [-0.1, -0.05) is 51.9 Å². The second-order valence-corrected chi connectivity index (χ2v) is 3.78. The van der Waals surface area contributed by atoms with E-state index in [0.29, 0.717) is 6.61 Å². The van der Waals surface area contributed by atoms with Crippen LogP contribution in [0.3, 0.4) is 0 Å². The zero-order chi connectivity index (χ0) is 11.4. The van der Waals surface area contributed by atoms with E-state index in [2.05, 4.69) is 11.7 Å². The number of hydrogen-bond donors (Lipinski definition) is 0. The molecular weight excluding hydrogens is 192 g/mol. The minimum Gasteiger partial charge on any atom is -0.438 e. The fourth-order valence-corrected chi connectivity index (χ4v) is 1.45. The molecule has 0 aromatic heterocycles. The zero-order valence-electron chi connectivity index (χ0n) is 10.1. The molecule has 0 saturated heterocycles. The van der Waals surface area contributed by atoms with Crippen LogP contribution in [0, 0.1) is 0 Å². The monoisotopic (exact) mass is 216 g/mol. The normalized spacial score (nSPS) is 10.0. The predicted octanol–water partition coefficient (Wildman–Crippen LogP) is 3.91. The summed E-state index contributed by atoms with van der Waals surface area (Å²) in [6.07, 6.45) is 9.41. The summed E-state index contributed by atoms with van der Waals surface area (Å²) in [6, 6.07) is 0. The fraction of sp³-hybridized carbons (Fsp3) is 0.917. The first kappa shape index (κ1) is 14.3. The smallest absolute Gasteiger partial charge is 0.438 e. The maximum atomic E-state index is 10.6. The number of unbranched alkanes of at least 4 members (excludes halogenated alkanes) is 7. The van der Waals surface area contributed by atoms with Crippen molar-refractivity contribution in [2.75, 3.05) is 13.7 Å². The van der Waals surface area contributed by atoms with Gasteiger partial charge in [0.25, 0.3) is 0 Å². The van der Waals surface area contributed by atoms with E-state index in [1.54, 1.807) is 0 Å². The Kier molecular flexibility index (Phi) is 10.8. The summed E-state index contributed by atoms with van der Waals surface area (Å²) < 4.78 is 9.14. The molecule has 0 aliphatic rings. The molecule has 0 fully saturated rings. The van der Waals surface area contributed by atoms with Crippen molar-refractivity contribution in [2.45, 2.75) is 58.3 Å². The Bertz CT molecular complexity index is 146. The van der Waals surface area contributed by atoms with Gasteiger partial charge in [-0.25, -0.2) is 4.79 Å². The summed E-state index contributed by atoms with van der Waals surface area (Å²) in [5.74, 6) is 0.